The maximum absolute atomic E-state index is 13.0. The molecule has 0 spiro atoms. The average Bonchev–Trinajstić information content (AvgIpc) is 2.59. The van der Waals surface area contributed by atoms with E-state index in [4.69, 9.17) is 4.18 Å². The molecular weight excluding hydrogens is 350 g/mol. The first-order valence-corrected chi connectivity index (χ1v) is 10.2. The third-order valence-corrected chi connectivity index (χ3v) is 5.24. The van der Waals surface area contributed by atoms with Crippen LogP contribution in [0.15, 0.2) is 48.5 Å². The number of benzene rings is 2. The summed E-state index contributed by atoms with van der Waals surface area (Å²) < 4.78 is 28.4. The van der Waals surface area contributed by atoms with Gasteiger partial charge < -0.3 is 9.08 Å². The molecule has 2 aromatic carbocycles. The van der Waals surface area contributed by atoms with Crippen LogP contribution in [-0.4, -0.2) is 31.0 Å². The third-order valence-electron chi connectivity index (χ3n) is 4.09. The molecule has 0 bridgehead atoms. The monoisotopic (exact) mass is 375 g/mol. The highest BCUT2D eigenvalue weighted by molar-refractivity contribution is 7.87. The second kappa shape index (κ2) is 8.36. The van der Waals surface area contributed by atoms with Gasteiger partial charge in [0.05, 0.1) is 5.75 Å². The van der Waals surface area contributed by atoms with Crippen LogP contribution < -0.4 is 4.18 Å². The highest BCUT2D eigenvalue weighted by Gasteiger charge is 2.21. The van der Waals surface area contributed by atoms with Gasteiger partial charge in [-0.2, -0.15) is 8.42 Å². The summed E-state index contributed by atoms with van der Waals surface area (Å²) in [6.07, 6.45) is 0. The zero-order chi connectivity index (χ0) is 19.3. The number of carbonyl (C=O) groups is 1. The van der Waals surface area contributed by atoms with Gasteiger partial charge in [-0.15, -0.1) is 0 Å². The Kier molecular flexibility index (Phi) is 6.42. The fourth-order valence-electron chi connectivity index (χ4n) is 2.55. The molecule has 0 saturated carbocycles. The minimum absolute atomic E-state index is 0.00828. The second-order valence-electron chi connectivity index (χ2n) is 6.42. The van der Waals surface area contributed by atoms with Crippen LogP contribution in [0.1, 0.15) is 42.3 Å². The fraction of sp³-hybridized carbons (Fsp3) is 0.350. The lowest BCUT2D eigenvalue weighted by Crippen LogP contribution is -2.36. The van der Waals surface area contributed by atoms with Gasteiger partial charge in [-0.3, -0.25) is 4.79 Å². The molecule has 26 heavy (non-hydrogen) atoms. The quantitative estimate of drug-likeness (QED) is 0.691. The van der Waals surface area contributed by atoms with E-state index in [1.54, 1.807) is 23.1 Å². The van der Waals surface area contributed by atoms with Crippen LogP contribution in [0.3, 0.4) is 0 Å². The standard InChI is InChI=1S/C20H25NO4S/c1-5-26(23,24)25-18-11-8-10-17(13-18)14-21(15(2)3)20(22)19-12-7-6-9-16(19)4/h6-13,15H,5,14H2,1-4H3. The van der Waals surface area contributed by atoms with E-state index in [0.29, 0.717) is 12.1 Å². The van der Waals surface area contributed by atoms with E-state index in [1.807, 2.05) is 51.1 Å². The van der Waals surface area contributed by atoms with Crippen LogP contribution in [0.5, 0.6) is 5.75 Å². The minimum Gasteiger partial charge on any atom is -0.382 e. The molecule has 5 nitrogen and oxygen atoms in total. The van der Waals surface area contributed by atoms with E-state index in [9.17, 15) is 13.2 Å². The van der Waals surface area contributed by atoms with Gasteiger partial charge in [-0.1, -0.05) is 30.3 Å². The first-order valence-electron chi connectivity index (χ1n) is 8.61. The third kappa shape index (κ3) is 5.08. The van der Waals surface area contributed by atoms with Crippen molar-refractivity contribution in [2.24, 2.45) is 0 Å². The van der Waals surface area contributed by atoms with Gasteiger partial charge in [0.2, 0.25) is 0 Å². The predicted molar refractivity (Wildman–Crippen MR) is 103 cm³/mol. The van der Waals surface area contributed by atoms with E-state index in [2.05, 4.69) is 0 Å². The zero-order valence-electron chi connectivity index (χ0n) is 15.6. The maximum Gasteiger partial charge on any atom is 0.308 e. The number of aryl methyl sites for hydroxylation is 1. The van der Waals surface area contributed by atoms with Crippen LogP contribution in [-0.2, 0) is 16.7 Å². The molecule has 6 heteroatoms. The first kappa shape index (κ1) is 20.0. The molecule has 0 saturated heterocycles. The normalized spacial score (nSPS) is 11.4. The van der Waals surface area contributed by atoms with Crippen LogP contribution in [0, 0.1) is 6.92 Å². The Labute approximate surface area is 155 Å². The number of amides is 1. The van der Waals surface area contributed by atoms with Gasteiger partial charge in [0.25, 0.3) is 5.91 Å². The molecular formula is C20H25NO4S. The van der Waals surface area contributed by atoms with E-state index >= 15 is 0 Å². The van der Waals surface area contributed by atoms with Crippen molar-refractivity contribution < 1.29 is 17.4 Å². The molecule has 2 rings (SSSR count). The number of hydrogen-bond donors (Lipinski definition) is 0. The van der Waals surface area contributed by atoms with Gasteiger partial charge in [-0.25, -0.2) is 0 Å². The van der Waals surface area contributed by atoms with Crippen molar-refractivity contribution in [1.82, 2.24) is 4.90 Å². The second-order valence-corrected chi connectivity index (χ2v) is 8.28. The highest BCUT2D eigenvalue weighted by atomic mass is 32.2. The van der Waals surface area contributed by atoms with E-state index < -0.39 is 10.1 Å². The van der Waals surface area contributed by atoms with Crippen molar-refractivity contribution in [1.29, 1.82) is 0 Å². The summed E-state index contributed by atoms with van der Waals surface area (Å²) in [5.41, 5.74) is 2.40. The van der Waals surface area contributed by atoms with Crippen LogP contribution in [0.25, 0.3) is 0 Å². The molecule has 140 valence electrons. The number of carbonyl (C=O) groups excluding carboxylic acids is 1. The summed E-state index contributed by atoms with van der Waals surface area (Å²) in [6.45, 7) is 7.72. The number of nitrogens with zero attached hydrogens (tertiary/aromatic N) is 1. The van der Waals surface area contributed by atoms with Crippen molar-refractivity contribution in [2.75, 3.05) is 5.75 Å². The predicted octanol–water partition coefficient (Wildman–Crippen LogP) is 3.77. The Morgan fingerprint density at radius 2 is 1.81 bits per heavy atom. The van der Waals surface area contributed by atoms with Gasteiger partial charge in [0.1, 0.15) is 5.75 Å². The molecule has 0 aliphatic rings. The van der Waals surface area contributed by atoms with Crippen molar-refractivity contribution >= 4 is 16.0 Å². The molecule has 0 N–H and O–H groups in total. The van der Waals surface area contributed by atoms with Crippen LogP contribution in [0.4, 0.5) is 0 Å². The molecule has 2 aromatic rings. The molecule has 0 aliphatic carbocycles. The van der Waals surface area contributed by atoms with E-state index in [0.717, 1.165) is 11.1 Å². The SMILES string of the molecule is CCS(=O)(=O)Oc1cccc(CN(C(=O)c2ccccc2C)C(C)C)c1. The van der Waals surface area contributed by atoms with Crippen LogP contribution >= 0.6 is 0 Å². The van der Waals surface area contributed by atoms with Crippen molar-refractivity contribution in [3.8, 4) is 5.75 Å². The Bertz CT molecular complexity index is 875. The number of rotatable bonds is 7. The minimum atomic E-state index is -3.58. The first-order chi connectivity index (χ1) is 12.2. The lowest BCUT2D eigenvalue weighted by molar-refractivity contribution is 0.0689. The van der Waals surface area contributed by atoms with Crippen molar-refractivity contribution in [3.63, 3.8) is 0 Å². The largest absolute Gasteiger partial charge is 0.382 e. The molecule has 0 unspecified atom stereocenters. The van der Waals surface area contributed by atoms with Gasteiger partial charge in [0.15, 0.2) is 0 Å². The molecule has 0 heterocycles. The summed E-state index contributed by atoms with van der Waals surface area (Å²) in [6, 6.07) is 14.3. The lowest BCUT2D eigenvalue weighted by atomic mass is 10.1. The topological polar surface area (TPSA) is 63.7 Å². The van der Waals surface area contributed by atoms with E-state index in [1.165, 1.54) is 6.92 Å². The van der Waals surface area contributed by atoms with Crippen molar-refractivity contribution in [2.45, 2.75) is 40.3 Å². The molecule has 1 amide bonds. The average molecular weight is 375 g/mol. The van der Waals surface area contributed by atoms with Gasteiger partial charge >= 0.3 is 10.1 Å². The summed E-state index contributed by atoms with van der Waals surface area (Å²) >= 11 is 0. The Morgan fingerprint density at radius 3 is 2.42 bits per heavy atom. The Morgan fingerprint density at radius 1 is 1.12 bits per heavy atom. The van der Waals surface area contributed by atoms with Crippen LogP contribution in [0.2, 0.25) is 0 Å². The molecule has 0 atom stereocenters. The molecule has 0 fully saturated rings. The smallest absolute Gasteiger partial charge is 0.308 e. The molecule has 0 aromatic heterocycles. The summed E-state index contributed by atoms with van der Waals surface area (Å²) in [4.78, 5) is 14.7. The zero-order valence-corrected chi connectivity index (χ0v) is 16.4. The van der Waals surface area contributed by atoms with Gasteiger partial charge in [-0.05, 0) is 57.0 Å². The maximum atomic E-state index is 13.0. The van der Waals surface area contributed by atoms with Crippen molar-refractivity contribution in [3.05, 3.63) is 65.2 Å². The number of hydrogen-bond acceptors (Lipinski definition) is 4. The highest BCUT2D eigenvalue weighted by Crippen LogP contribution is 2.20. The van der Waals surface area contributed by atoms with Gasteiger partial charge in [0, 0.05) is 18.2 Å². The molecule has 0 radical (unpaired) electrons. The Balaban J connectivity index is 2.26. The van der Waals surface area contributed by atoms with E-state index in [-0.39, 0.29) is 23.5 Å². The summed E-state index contributed by atoms with van der Waals surface area (Å²) in [7, 11) is -3.58. The summed E-state index contributed by atoms with van der Waals surface area (Å²) in [5, 5.41) is 0. The lowest BCUT2D eigenvalue weighted by Gasteiger charge is -2.27. The summed E-state index contributed by atoms with van der Waals surface area (Å²) in [5.74, 6) is 0.114. The fourth-order valence-corrected chi connectivity index (χ4v) is 3.07. The Hall–Kier alpha value is -2.34. The molecule has 0 aliphatic heterocycles.